The van der Waals surface area contributed by atoms with Crippen LogP contribution in [0.25, 0.3) is 0 Å². The van der Waals surface area contributed by atoms with Gasteiger partial charge in [-0.2, -0.15) is 0 Å². The van der Waals surface area contributed by atoms with E-state index in [1.807, 2.05) is 14.1 Å². The lowest BCUT2D eigenvalue weighted by molar-refractivity contribution is -0.136. The molecule has 0 spiro atoms. The van der Waals surface area contributed by atoms with E-state index in [2.05, 4.69) is 24.1 Å². The first-order chi connectivity index (χ1) is 8.57. The largest absolute Gasteiger partial charge is 0.347 e. The molecule has 1 aliphatic heterocycles. The molecule has 1 aliphatic rings. The molecule has 0 saturated carbocycles. The van der Waals surface area contributed by atoms with Crippen molar-refractivity contribution in [3.63, 3.8) is 0 Å². The smallest absolute Gasteiger partial charge is 0.240 e. The normalized spacial score (nSPS) is 22.8. The fourth-order valence-electron chi connectivity index (χ4n) is 2.63. The molecule has 1 heterocycles. The van der Waals surface area contributed by atoms with Crippen molar-refractivity contribution in [1.29, 1.82) is 0 Å². The van der Waals surface area contributed by atoms with Crippen molar-refractivity contribution in [2.75, 3.05) is 33.7 Å². The van der Waals surface area contributed by atoms with E-state index in [0.717, 1.165) is 19.6 Å². The number of piperazine rings is 1. The van der Waals surface area contributed by atoms with Gasteiger partial charge >= 0.3 is 0 Å². The molecule has 2 unspecified atom stereocenters. The molecule has 4 nitrogen and oxygen atoms in total. The summed E-state index contributed by atoms with van der Waals surface area (Å²) < 4.78 is 0. The Morgan fingerprint density at radius 3 is 2.78 bits per heavy atom. The first kappa shape index (κ1) is 15.4. The number of nitrogens with one attached hydrogen (secondary N) is 1. The van der Waals surface area contributed by atoms with E-state index in [1.54, 1.807) is 4.90 Å². The van der Waals surface area contributed by atoms with E-state index in [4.69, 9.17) is 0 Å². The van der Waals surface area contributed by atoms with Crippen LogP contribution in [0, 0.1) is 0 Å². The van der Waals surface area contributed by atoms with Gasteiger partial charge in [0.15, 0.2) is 0 Å². The van der Waals surface area contributed by atoms with Crippen LogP contribution in [-0.2, 0) is 4.79 Å². The zero-order chi connectivity index (χ0) is 13.5. The molecule has 1 fully saturated rings. The lowest BCUT2D eigenvalue weighted by Gasteiger charge is -2.40. The van der Waals surface area contributed by atoms with Crippen LogP contribution in [0.5, 0.6) is 0 Å². The second kappa shape index (κ2) is 7.74. The predicted molar refractivity (Wildman–Crippen MR) is 75.7 cm³/mol. The molecule has 0 aromatic heterocycles. The number of nitrogens with zero attached hydrogens (tertiary/aromatic N) is 2. The summed E-state index contributed by atoms with van der Waals surface area (Å²) in [5.74, 6) is 0.226. The first-order valence-electron chi connectivity index (χ1n) is 7.25. The van der Waals surface area contributed by atoms with Gasteiger partial charge in [0.05, 0.1) is 0 Å². The maximum Gasteiger partial charge on any atom is 0.240 e. The second-order valence-electron chi connectivity index (χ2n) is 5.54. The molecule has 0 aliphatic carbocycles. The van der Waals surface area contributed by atoms with Crippen LogP contribution in [0.3, 0.4) is 0 Å². The lowest BCUT2D eigenvalue weighted by Crippen LogP contribution is -2.59. The Morgan fingerprint density at radius 1 is 1.44 bits per heavy atom. The standard InChI is InChI=1S/C14H29N3O/c1-5-6-7-8-12(2)17-10-9-15-11-13(17)14(18)16(3)4/h12-13,15H,5-11H2,1-4H3. The zero-order valence-corrected chi connectivity index (χ0v) is 12.4. The quantitative estimate of drug-likeness (QED) is 0.727. The SMILES string of the molecule is CCCCCC(C)N1CCNCC1C(=O)N(C)C. The molecule has 0 bridgehead atoms. The van der Waals surface area contributed by atoms with Crippen LogP contribution in [0.2, 0.25) is 0 Å². The molecule has 0 aromatic carbocycles. The van der Waals surface area contributed by atoms with Gasteiger partial charge in [-0.15, -0.1) is 0 Å². The summed E-state index contributed by atoms with van der Waals surface area (Å²) in [6, 6.07) is 0.526. The fourth-order valence-corrected chi connectivity index (χ4v) is 2.63. The van der Waals surface area contributed by atoms with E-state index >= 15 is 0 Å². The Morgan fingerprint density at radius 2 is 2.17 bits per heavy atom. The summed E-state index contributed by atoms with van der Waals surface area (Å²) in [7, 11) is 3.69. The van der Waals surface area contributed by atoms with Gasteiger partial charge in [0.2, 0.25) is 5.91 Å². The lowest BCUT2D eigenvalue weighted by atomic mass is 10.0. The van der Waals surface area contributed by atoms with Crippen molar-refractivity contribution in [3.8, 4) is 0 Å². The van der Waals surface area contributed by atoms with Gasteiger partial charge < -0.3 is 10.2 Å². The summed E-state index contributed by atoms with van der Waals surface area (Å²) in [4.78, 5) is 16.3. The summed E-state index contributed by atoms with van der Waals surface area (Å²) >= 11 is 0. The van der Waals surface area contributed by atoms with Crippen molar-refractivity contribution in [3.05, 3.63) is 0 Å². The average Bonchev–Trinajstić information content (AvgIpc) is 2.38. The molecule has 1 saturated heterocycles. The highest BCUT2D eigenvalue weighted by Crippen LogP contribution is 2.15. The van der Waals surface area contributed by atoms with E-state index in [1.165, 1.54) is 25.7 Å². The minimum Gasteiger partial charge on any atom is -0.347 e. The first-order valence-corrected chi connectivity index (χ1v) is 7.25. The molecule has 106 valence electrons. The monoisotopic (exact) mass is 255 g/mol. The summed E-state index contributed by atoms with van der Waals surface area (Å²) in [5, 5.41) is 3.33. The van der Waals surface area contributed by atoms with Crippen LogP contribution in [0.4, 0.5) is 0 Å². The van der Waals surface area contributed by atoms with Crippen LogP contribution in [0.1, 0.15) is 39.5 Å². The van der Waals surface area contributed by atoms with Crippen molar-refractivity contribution >= 4 is 5.91 Å². The van der Waals surface area contributed by atoms with Gasteiger partial charge in [0.25, 0.3) is 0 Å². The maximum absolute atomic E-state index is 12.2. The molecule has 2 atom stereocenters. The number of amides is 1. The molecule has 1 rings (SSSR count). The number of hydrogen-bond acceptors (Lipinski definition) is 3. The number of carbonyl (C=O) groups is 1. The van der Waals surface area contributed by atoms with Crippen LogP contribution in [-0.4, -0.2) is 61.5 Å². The molecule has 0 aromatic rings. The number of likely N-dealkylation sites (N-methyl/N-ethyl adjacent to an activating group) is 1. The van der Waals surface area contributed by atoms with Gasteiger partial charge in [0, 0.05) is 39.8 Å². The van der Waals surface area contributed by atoms with Gasteiger partial charge in [-0.1, -0.05) is 26.2 Å². The van der Waals surface area contributed by atoms with Crippen LogP contribution in [0.15, 0.2) is 0 Å². The minimum atomic E-state index is 0.0189. The van der Waals surface area contributed by atoms with Gasteiger partial charge in [0.1, 0.15) is 6.04 Å². The predicted octanol–water partition coefficient (Wildman–Crippen LogP) is 1.32. The number of hydrogen-bond donors (Lipinski definition) is 1. The van der Waals surface area contributed by atoms with Crippen molar-refractivity contribution in [2.45, 2.75) is 51.6 Å². The van der Waals surface area contributed by atoms with E-state index in [0.29, 0.717) is 6.04 Å². The molecule has 1 N–H and O–H groups in total. The fraction of sp³-hybridized carbons (Fsp3) is 0.929. The zero-order valence-electron chi connectivity index (χ0n) is 12.4. The number of rotatable bonds is 6. The Hall–Kier alpha value is -0.610. The van der Waals surface area contributed by atoms with Crippen molar-refractivity contribution < 1.29 is 4.79 Å². The van der Waals surface area contributed by atoms with Gasteiger partial charge in [-0.3, -0.25) is 9.69 Å². The highest BCUT2D eigenvalue weighted by molar-refractivity contribution is 5.81. The van der Waals surface area contributed by atoms with E-state index in [-0.39, 0.29) is 11.9 Å². The molecular weight excluding hydrogens is 226 g/mol. The highest BCUT2D eigenvalue weighted by Gasteiger charge is 2.32. The molecule has 0 radical (unpaired) electrons. The number of carbonyl (C=O) groups excluding carboxylic acids is 1. The molecule has 1 amide bonds. The van der Waals surface area contributed by atoms with Crippen LogP contribution < -0.4 is 5.32 Å². The third-order valence-corrected chi connectivity index (χ3v) is 3.80. The second-order valence-corrected chi connectivity index (χ2v) is 5.54. The average molecular weight is 255 g/mol. The van der Waals surface area contributed by atoms with Crippen molar-refractivity contribution in [2.24, 2.45) is 0 Å². The molecule has 4 heteroatoms. The summed E-state index contributed by atoms with van der Waals surface area (Å²) in [5.41, 5.74) is 0. The van der Waals surface area contributed by atoms with E-state index < -0.39 is 0 Å². The van der Waals surface area contributed by atoms with Gasteiger partial charge in [-0.25, -0.2) is 0 Å². The topological polar surface area (TPSA) is 35.6 Å². The number of unbranched alkanes of at least 4 members (excludes halogenated alkanes) is 2. The Labute approximate surface area is 112 Å². The maximum atomic E-state index is 12.2. The van der Waals surface area contributed by atoms with Crippen molar-refractivity contribution in [1.82, 2.24) is 15.1 Å². The highest BCUT2D eigenvalue weighted by atomic mass is 16.2. The third kappa shape index (κ3) is 4.25. The summed E-state index contributed by atoms with van der Waals surface area (Å²) in [6.45, 7) is 7.26. The van der Waals surface area contributed by atoms with Crippen LogP contribution >= 0.6 is 0 Å². The van der Waals surface area contributed by atoms with E-state index in [9.17, 15) is 4.79 Å². The van der Waals surface area contributed by atoms with Gasteiger partial charge in [-0.05, 0) is 13.3 Å². The Kier molecular flexibility index (Phi) is 6.65. The minimum absolute atomic E-state index is 0.0189. The molecular formula is C14H29N3O. The summed E-state index contributed by atoms with van der Waals surface area (Å²) in [6.07, 6.45) is 5.02. The Bertz CT molecular complexity index is 255. The third-order valence-electron chi connectivity index (χ3n) is 3.80. The molecule has 18 heavy (non-hydrogen) atoms. The Balaban J connectivity index is 2.55.